The molecule has 0 aliphatic rings. The maximum absolute atomic E-state index is 11.2. The number of ether oxygens (including phenoxy) is 2. The fourth-order valence-electron chi connectivity index (χ4n) is 2.03. The lowest BCUT2D eigenvalue weighted by atomic mass is 10.1. The zero-order valence-electron chi connectivity index (χ0n) is 12.8. The van der Waals surface area contributed by atoms with Crippen molar-refractivity contribution >= 4 is 17.7 Å². The number of hydrogen-bond donors (Lipinski definition) is 1. The second kappa shape index (κ2) is 7.77. The van der Waals surface area contributed by atoms with Crippen LogP contribution in [0.15, 0.2) is 48.5 Å². The number of rotatable bonds is 7. The summed E-state index contributed by atoms with van der Waals surface area (Å²) in [5.74, 6) is -0.713. The molecule has 0 heterocycles. The number of nitro groups is 1. The van der Waals surface area contributed by atoms with Gasteiger partial charge in [0.15, 0.2) is 11.5 Å². The third kappa shape index (κ3) is 4.33. The van der Waals surface area contributed by atoms with E-state index in [0.717, 1.165) is 17.7 Å². The molecule has 0 bridgehead atoms. The second-order valence-corrected chi connectivity index (χ2v) is 4.76. The number of carbonyl (C=O) groups is 1. The van der Waals surface area contributed by atoms with Gasteiger partial charge in [0.1, 0.15) is 6.61 Å². The molecule has 124 valence electrons. The molecule has 0 radical (unpaired) electrons. The highest BCUT2D eigenvalue weighted by Gasteiger charge is 2.18. The van der Waals surface area contributed by atoms with Crippen molar-refractivity contribution in [3.05, 3.63) is 69.8 Å². The van der Waals surface area contributed by atoms with Gasteiger partial charge in [0.2, 0.25) is 0 Å². The first-order valence-corrected chi connectivity index (χ1v) is 6.95. The first kappa shape index (κ1) is 17.0. The Labute approximate surface area is 137 Å². The second-order valence-electron chi connectivity index (χ2n) is 4.76. The van der Waals surface area contributed by atoms with E-state index >= 15 is 0 Å². The van der Waals surface area contributed by atoms with Crippen LogP contribution in [-0.2, 0) is 11.4 Å². The first-order chi connectivity index (χ1) is 11.5. The van der Waals surface area contributed by atoms with E-state index in [1.807, 2.05) is 30.3 Å². The van der Waals surface area contributed by atoms with Crippen molar-refractivity contribution in [2.45, 2.75) is 6.61 Å². The summed E-state index contributed by atoms with van der Waals surface area (Å²) in [6.45, 7) is 0.221. The Balaban J connectivity index is 2.35. The first-order valence-electron chi connectivity index (χ1n) is 6.95. The topological polar surface area (TPSA) is 98.9 Å². The Morgan fingerprint density at radius 2 is 1.96 bits per heavy atom. The van der Waals surface area contributed by atoms with E-state index < -0.39 is 10.9 Å². The van der Waals surface area contributed by atoms with Crippen LogP contribution in [0.4, 0.5) is 5.69 Å². The van der Waals surface area contributed by atoms with E-state index in [2.05, 4.69) is 0 Å². The van der Waals surface area contributed by atoms with Crippen molar-refractivity contribution in [1.82, 2.24) is 0 Å². The number of methoxy groups -OCH3 is 1. The van der Waals surface area contributed by atoms with E-state index in [1.54, 1.807) is 0 Å². The lowest BCUT2D eigenvalue weighted by molar-refractivity contribution is -0.385. The highest BCUT2D eigenvalue weighted by Crippen LogP contribution is 2.35. The SMILES string of the molecule is COc1cc(/C=C\C(=O)O)c([N+](=O)[O-])cc1OCc1ccccc1. The third-order valence-corrected chi connectivity index (χ3v) is 3.15. The van der Waals surface area contributed by atoms with Gasteiger partial charge in [0.05, 0.1) is 23.7 Å². The monoisotopic (exact) mass is 329 g/mol. The molecule has 0 aliphatic heterocycles. The highest BCUT2D eigenvalue weighted by molar-refractivity contribution is 5.86. The molecule has 0 amide bonds. The van der Waals surface area contributed by atoms with Crippen LogP contribution in [0.1, 0.15) is 11.1 Å². The predicted molar refractivity (Wildman–Crippen MR) is 87.1 cm³/mol. The van der Waals surface area contributed by atoms with Gasteiger partial charge in [-0.25, -0.2) is 4.79 Å². The summed E-state index contributed by atoms with van der Waals surface area (Å²) in [4.78, 5) is 21.2. The van der Waals surface area contributed by atoms with Gasteiger partial charge in [-0.1, -0.05) is 30.3 Å². The molecule has 0 saturated carbocycles. The van der Waals surface area contributed by atoms with Crippen molar-refractivity contribution in [3.8, 4) is 11.5 Å². The van der Waals surface area contributed by atoms with Gasteiger partial charge in [0.25, 0.3) is 5.69 Å². The summed E-state index contributed by atoms with van der Waals surface area (Å²) < 4.78 is 10.8. The molecule has 2 aromatic rings. The van der Waals surface area contributed by atoms with Crippen LogP contribution in [0.5, 0.6) is 11.5 Å². The molecule has 7 nitrogen and oxygen atoms in total. The Kier molecular flexibility index (Phi) is 5.51. The number of nitrogens with zero attached hydrogens (tertiary/aromatic N) is 1. The lowest BCUT2D eigenvalue weighted by Crippen LogP contribution is -2.00. The van der Waals surface area contributed by atoms with Crippen LogP contribution in [0.25, 0.3) is 6.08 Å². The summed E-state index contributed by atoms with van der Waals surface area (Å²) in [7, 11) is 1.40. The van der Waals surface area contributed by atoms with E-state index in [-0.39, 0.29) is 29.4 Å². The van der Waals surface area contributed by atoms with Crippen LogP contribution < -0.4 is 9.47 Å². The van der Waals surface area contributed by atoms with E-state index in [1.165, 1.54) is 19.2 Å². The van der Waals surface area contributed by atoms with E-state index in [0.29, 0.717) is 0 Å². The summed E-state index contributed by atoms with van der Waals surface area (Å²) >= 11 is 0. The van der Waals surface area contributed by atoms with Crippen LogP contribution in [0.2, 0.25) is 0 Å². The number of carboxylic acids is 1. The van der Waals surface area contributed by atoms with Crippen molar-refractivity contribution < 1.29 is 24.3 Å². The van der Waals surface area contributed by atoms with Gasteiger partial charge in [-0.05, 0) is 17.7 Å². The van der Waals surface area contributed by atoms with Gasteiger partial charge in [0, 0.05) is 6.08 Å². The van der Waals surface area contributed by atoms with Crippen LogP contribution in [-0.4, -0.2) is 23.1 Å². The maximum atomic E-state index is 11.2. The van der Waals surface area contributed by atoms with Gasteiger partial charge in [-0.2, -0.15) is 0 Å². The molecule has 0 aliphatic carbocycles. The molecule has 24 heavy (non-hydrogen) atoms. The largest absolute Gasteiger partial charge is 0.493 e. The highest BCUT2D eigenvalue weighted by atomic mass is 16.6. The predicted octanol–water partition coefficient (Wildman–Crippen LogP) is 3.28. The maximum Gasteiger partial charge on any atom is 0.328 e. The number of hydrogen-bond acceptors (Lipinski definition) is 5. The minimum absolute atomic E-state index is 0.117. The Morgan fingerprint density at radius 1 is 1.25 bits per heavy atom. The summed E-state index contributed by atoms with van der Waals surface area (Å²) in [5.41, 5.74) is 0.750. The van der Waals surface area contributed by atoms with Crippen molar-refractivity contribution in [2.24, 2.45) is 0 Å². The molecule has 0 fully saturated rings. The number of benzene rings is 2. The summed E-state index contributed by atoms with van der Waals surface area (Å²) in [6.07, 6.45) is 1.97. The van der Waals surface area contributed by atoms with Gasteiger partial charge in [-0.15, -0.1) is 0 Å². The minimum atomic E-state index is -1.20. The molecule has 1 N–H and O–H groups in total. The van der Waals surface area contributed by atoms with Crippen molar-refractivity contribution in [2.75, 3.05) is 7.11 Å². The lowest BCUT2D eigenvalue weighted by Gasteiger charge is -2.12. The average molecular weight is 329 g/mol. The molecule has 2 aromatic carbocycles. The number of aliphatic carboxylic acids is 1. The van der Waals surface area contributed by atoms with Gasteiger partial charge < -0.3 is 14.6 Å². The zero-order chi connectivity index (χ0) is 17.5. The zero-order valence-corrected chi connectivity index (χ0v) is 12.8. The standard InChI is InChI=1S/C17H15NO6/c1-23-15-9-13(7-8-17(19)20)14(18(21)22)10-16(15)24-11-12-5-3-2-4-6-12/h2-10H,11H2,1H3,(H,19,20)/b8-7-. The third-order valence-electron chi connectivity index (χ3n) is 3.15. The van der Waals surface area contributed by atoms with E-state index in [9.17, 15) is 14.9 Å². The Morgan fingerprint density at radius 3 is 2.54 bits per heavy atom. The number of carboxylic acid groups (broad SMARTS) is 1. The molecule has 0 spiro atoms. The molecule has 7 heteroatoms. The molecular formula is C17H15NO6. The minimum Gasteiger partial charge on any atom is -0.493 e. The fraction of sp³-hybridized carbons (Fsp3) is 0.118. The van der Waals surface area contributed by atoms with Crippen LogP contribution in [0.3, 0.4) is 0 Å². The molecule has 0 atom stereocenters. The normalized spacial score (nSPS) is 10.5. The van der Waals surface area contributed by atoms with Crippen molar-refractivity contribution in [1.29, 1.82) is 0 Å². The quantitative estimate of drug-likeness (QED) is 0.475. The van der Waals surface area contributed by atoms with Gasteiger partial charge >= 0.3 is 5.97 Å². The Bertz CT molecular complexity index is 770. The molecule has 0 aromatic heterocycles. The molecule has 2 rings (SSSR count). The summed E-state index contributed by atoms with van der Waals surface area (Å²) in [6, 6.07) is 11.9. The van der Waals surface area contributed by atoms with Crippen LogP contribution >= 0.6 is 0 Å². The smallest absolute Gasteiger partial charge is 0.328 e. The molecular weight excluding hydrogens is 314 g/mol. The molecule has 0 unspecified atom stereocenters. The fourth-order valence-corrected chi connectivity index (χ4v) is 2.03. The molecule has 0 saturated heterocycles. The van der Waals surface area contributed by atoms with Crippen molar-refractivity contribution in [3.63, 3.8) is 0 Å². The number of nitro benzene ring substituents is 1. The Hall–Kier alpha value is -3.35. The summed E-state index contributed by atoms with van der Waals surface area (Å²) in [5, 5.41) is 19.9. The average Bonchev–Trinajstić information content (AvgIpc) is 2.58. The van der Waals surface area contributed by atoms with E-state index in [4.69, 9.17) is 14.6 Å². The van der Waals surface area contributed by atoms with Gasteiger partial charge in [-0.3, -0.25) is 10.1 Å². The van der Waals surface area contributed by atoms with Crippen LogP contribution in [0, 0.1) is 10.1 Å².